The molecule has 0 radical (unpaired) electrons. The molecule has 0 bridgehead atoms. The Labute approximate surface area is 118 Å². The molecule has 2 unspecified atom stereocenters. The van der Waals surface area contributed by atoms with Crippen LogP contribution in [0.2, 0.25) is 5.02 Å². The van der Waals surface area contributed by atoms with Gasteiger partial charge in [0.1, 0.15) is 11.9 Å². The number of aliphatic hydroxyl groups is 1. The predicted octanol–water partition coefficient (Wildman–Crippen LogP) is 4.53. The number of hydrogen-bond acceptors (Lipinski definition) is 2. The van der Waals surface area contributed by atoms with Gasteiger partial charge in [0.25, 0.3) is 0 Å². The van der Waals surface area contributed by atoms with Crippen LogP contribution in [0.5, 0.6) is 5.75 Å². The zero-order valence-electron chi connectivity index (χ0n) is 11.0. The molecule has 0 aromatic heterocycles. The lowest BCUT2D eigenvalue weighted by atomic mass is 10.1. The van der Waals surface area contributed by atoms with E-state index >= 15 is 0 Å². The topological polar surface area (TPSA) is 29.5 Å². The van der Waals surface area contributed by atoms with E-state index in [1.54, 1.807) is 19.1 Å². The first-order chi connectivity index (χ1) is 9.08. The average molecular weight is 277 g/mol. The van der Waals surface area contributed by atoms with Crippen LogP contribution in [-0.2, 0) is 0 Å². The van der Waals surface area contributed by atoms with E-state index < -0.39 is 6.10 Å². The maximum atomic E-state index is 9.50. The van der Waals surface area contributed by atoms with Crippen molar-refractivity contribution in [2.24, 2.45) is 0 Å². The highest BCUT2D eigenvalue weighted by Gasteiger charge is 2.11. The van der Waals surface area contributed by atoms with Gasteiger partial charge in [-0.1, -0.05) is 48.0 Å². The Balaban J connectivity index is 2.15. The molecule has 100 valence electrons. The summed E-state index contributed by atoms with van der Waals surface area (Å²) in [6.07, 6.45) is -0.603. The van der Waals surface area contributed by atoms with Gasteiger partial charge < -0.3 is 9.84 Å². The minimum Gasteiger partial charge on any atom is -0.484 e. The fraction of sp³-hybridized carbons (Fsp3) is 0.250. The van der Waals surface area contributed by atoms with Crippen molar-refractivity contribution in [1.82, 2.24) is 0 Å². The zero-order chi connectivity index (χ0) is 13.8. The molecule has 0 saturated heterocycles. The summed E-state index contributed by atoms with van der Waals surface area (Å²) in [6, 6.07) is 15.3. The molecule has 0 saturated carbocycles. The summed E-state index contributed by atoms with van der Waals surface area (Å²) in [7, 11) is 0. The van der Waals surface area contributed by atoms with E-state index in [-0.39, 0.29) is 6.10 Å². The highest BCUT2D eigenvalue weighted by Crippen LogP contribution is 2.31. The van der Waals surface area contributed by atoms with Gasteiger partial charge in [-0.25, -0.2) is 0 Å². The van der Waals surface area contributed by atoms with Crippen molar-refractivity contribution in [1.29, 1.82) is 0 Å². The molecule has 2 aromatic rings. The van der Waals surface area contributed by atoms with Crippen molar-refractivity contribution in [2.45, 2.75) is 26.1 Å². The van der Waals surface area contributed by atoms with Crippen molar-refractivity contribution < 1.29 is 9.84 Å². The van der Waals surface area contributed by atoms with E-state index in [1.807, 2.05) is 43.3 Å². The summed E-state index contributed by atoms with van der Waals surface area (Å²) in [5.41, 5.74) is 1.88. The highest BCUT2D eigenvalue weighted by molar-refractivity contribution is 6.32. The van der Waals surface area contributed by atoms with Gasteiger partial charge in [-0.2, -0.15) is 0 Å². The minimum atomic E-state index is -0.530. The number of halogens is 1. The molecule has 2 rings (SSSR count). The van der Waals surface area contributed by atoms with E-state index in [9.17, 15) is 5.11 Å². The molecule has 0 amide bonds. The highest BCUT2D eigenvalue weighted by atomic mass is 35.5. The van der Waals surface area contributed by atoms with E-state index in [1.165, 1.54) is 0 Å². The van der Waals surface area contributed by atoms with Gasteiger partial charge in [0.05, 0.1) is 11.1 Å². The van der Waals surface area contributed by atoms with Crippen molar-refractivity contribution >= 4 is 11.6 Å². The lowest BCUT2D eigenvalue weighted by molar-refractivity contribution is 0.198. The van der Waals surface area contributed by atoms with Gasteiger partial charge in [-0.15, -0.1) is 0 Å². The second-order valence-electron chi connectivity index (χ2n) is 4.54. The molecule has 0 heterocycles. The maximum Gasteiger partial charge on any atom is 0.138 e. The van der Waals surface area contributed by atoms with Gasteiger partial charge >= 0.3 is 0 Å². The quantitative estimate of drug-likeness (QED) is 0.889. The van der Waals surface area contributed by atoms with Crippen LogP contribution in [0.4, 0.5) is 0 Å². The maximum absolute atomic E-state index is 9.50. The first-order valence-corrected chi connectivity index (χ1v) is 6.65. The fourth-order valence-corrected chi connectivity index (χ4v) is 2.09. The van der Waals surface area contributed by atoms with E-state index in [0.29, 0.717) is 10.8 Å². The van der Waals surface area contributed by atoms with E-state index in [0.717, 1.165) is 11.1 Å². The number of benzene rings is 2. The first-order valence-electron chi connectivity index (χ1n) is 6.27. The van der Waals surface area contributed by atoms with Crippen LogP contribution in [-0.4, -0.2) is 5.11 Å². The Morgan fingerprint density at radius 2 is 1.68 bits per heavy atom. The summed E-state index contributed by atoms with van der Waals surface area (Å²) in [6.45, 7) is 3.69. The van der Waals surface area contributed by atoms with Crippen LogP contribution >= 0.6 is 11.6 Å². The number of hydrogen-bond donors (Lipinski definition) is 1. The van der Waals surface area contributed by atoms with E-state index in [4.69, 9.17) is 16.3 Å². The van der Waals surface area contributed by atoms with Crippen LogP contribution in [0.1, 0.15) is 37.2 Å². The van der Waals surface area contributed by atoms with Crippen LogP contribution in [0.25, 0.3) is 0 Å². The third-order valence-electron chi connectivity index (χ3n) is 3.01. The summed E-state index contributed by atoms with van der Waals surface area (Å²) < 4.78 is 5.85. The SMILES string of the molecule is CC(O)c1ccc(OC(C)c2ccccc2)c(Cl)c1. The van der Waals surface area contributed by atoms with Gasteiger partial charge in [0.2, 0.25) is 0 Å². The fourth-order valence-electron chi connectivity index (χ4n) is 1.86. The molecule has 1 N–H and O–H groups in total. The predicted molar refractivity (Wildman–Crippen MR) is 77.6 cm³/mol. The van der Waals surface area contributed by atoms with Crippen molar-refractivity contribution in [3.63, 3.8) is 0 Å². The average Bonchev–Trinajstić information content (AvgIpc) is 2.41. The molecule has 0 aliphatic heterocycles. The molecule has 3 heteroatoms. The molecule has 19 heavy (non-hydrogen) atoms. The summed E-state index contributed by atoms with van der Waals surface area (Å²) in [5, 5.41) is 10.0. The zero-order valence-corrected chi connectivity index (χ0v) is 11.8. The Morgan fingerprint density at radius 3 is 2.26 bits per heavy atom. The normalized spacial score (nSPS) is 13.9. The molecule has 2 aromatic carbocycles. The lowest BCUT2D eigenvalue weighted by Gasteiger charge is -2.17. The van der Waals surface area contributed by atoms with Crippen LogP contribution in [0.3, 0.4) is 0 Å². The van der Waals surface area contributed by atoms with Gasteiger partial charge in [0, 0.05) is 0 Å². The van der Waals surface area contributed by atoms with Crippen molar-refractivity contribution in [2.75, 3.05) is 0 Å². The molecule has 0 fully saturated rings. The Bertz CT molecular complexity index is 538. The molecule has 2 nitrogen and oxygen atoms in total. The standard InChI is InChI=1S/C16H17ClO2/c1-11(18)14-8-9-16(15(17)10-14)19-12(2)13-6-4-3-5-7-13/h3-12,18H,1-2H3. The Morgan fingerprint density at radius 1 is 1.00 bits per heavy atom. The Kier molecular flexibility index (Phi) is 4.46. The largest absolute Gasteiger partial charge is 0.484 e. The monoisotopic (exact) mass is 276 g/mol. The number of rotatable bonds is 4. The third kappa shape index (κ3) is 3.49. The third-order valence-corrected chi connectivity index (χ3v) is 3.31. The van der Waals surface area contributed by atoms with Gasteiger partial charge in [-0.05, 0) is 37.1 Å². The van der Waals surface area contributed by atoms with Crippen LogP contribution in [0.15, 0.2) is 48.5 Å². The molecular formula is C16H17ClO2. The Hall–Kier alpha value is -1.51. The molecule has 0 spiro atoms. The molecular weight excluding hydrogens is 260 g/mol. The van der Waals surface area contributed by atoms with Gasteiger partial charge in [-0.3, -0.25) is 0 Å². The lowest BCUT2D eigenvalue weighted by Crippen LogP contribution is -2.03. The summed E-state index contributed by atoms with van der Waals surface area (Å²) in [4.78, 5) is 0. The van der Waals surface area contributed by atoms with Crippen LogP contribution < -0.4 is 4.74 Å². The number of ether oxygens (including phenoxy) is 1. The number of aliphatic hydroxyl groups excluding tert-OH is 1. The second kappa shape index (κ2) is 6.09. The summed E-state index contributed by atoms with van der Waals surface area (Å²) >= 11 is 6.17. The molecule has 0 aliphatic rings. The van der Waals surface area contributed by atoms with Crippen LogP contribution in [0, 0.1) is 0 Å². The van der Waals surface area contributed by atoms with E-state index in [2.05, 4.69) is 0 Å². The summed E-state index contributed by atoms with van der Waals surface area (Å²) in [5.74, 6) is 0.627. The minimum absolute atomic E-state index is 0.0731. The van der Waals surface area contributed by atoms with Crippen molar-refractivity contribution in [3.8, 4) is 5.75 Å². The van der Waals surface area contributed by atoms with Gasteiger partial charge in [0.15, 0.2) is 0 Å². The second-order valence-corrected chi connectivity index (χ2v) is 4.94. The van der Waals surface area contributed by atoms with Crippen molar-refractivity contribution in [3.05, 3.63) is 64.7 Å². The molecule has 2 atom stereocenters. The molecule has 0 aliphatic carbocycles. The smallest absolute Gasteiger partial charge is 0.138 e. The first kappa shape index (κ1) is 13.9.